The molecule has 56 valence electrons. The van der Waals surface area contributed by atoms with E-state index in [1.165, 1.54) is 0 Å². The van der Waals surface area contributed by atoms with E-state index in [2.05, 4.69) is 12.3 Å². The van der Waals surface area contributed by atoms with Gasteiger partial charge in [0, 0.05) is 0 Å². The van der Waals surface area contributed by atoms with E-state index in [1.807, 2.05) is 0 Å². The fourth-order valence-electron chi connectivity index (χ4n) is 0.381. The Morgan fingerprint density at radius 2 is 2.00 bits per heavy atom. The van der Waals surface area contributed by atoms with Crippen LogP contribution >= 0.6 is 0 Å². The van der Waals surface area contributed by atoms with Crippen LogP contribution in [0.5, 0.6) is 0 Å². The summed E-state index contributed by atoms with van der Waals surface area (Å²) in [5.41, 5.74) is 2.39. The number of hydrogen-bond donors (Lipinski definition) is 1. The Kier molecular flexibility index (Phi) is 2.44. The summed E-state index contributed by atoms with van der Waals surface area (Å²) >= 11 is 0. The summed E-state index contributed by atoms with van der Waals surface area (Å²) in [5.74, 6) is -0.846. The summed E-state index contributed by atoms with van der Waals surface area (Å²) in [6, 6.07) is 0. The number of aliphatic carboxylic acids is 1. The maximum atomic E-state index is 10.5. The van der Waals surface area contributed by atoms with Gasteiger partial charge in [0.05, 0.1) is 5.41 Å². The summed E-state index contributed by atoms with van der Waals surface area (Å²) < 4.78 is 0. The summed E-state index contributed by atoms with van der Waals surface area (Å²) in [4.78, 5) is 10.5. The lowest BCUT2D eigenvalue weighted by Crippen LogP contribution is -2.24. The molecular formula is C8H12O2. The van der Waals surface area contributed by atoms with Gasteiger partial charge in [0.25, 0.3) is 0 Å². The normalized spacial score (nSPS) is 10.3. The number of rotatable bonds is 2. The van der Waals surface area contributed by atoms with Crippen LogP contribution in [0.1, 0.15) is 20.8 Å². The van der Waals surface area contributed by atoms with E-state index >= 15 is 0 Å². The van der Waals surface area contributed by atoms with Crippen molar-refractivity contribution >= 4 is 5.97 Å². The highest BCUT2D eigenvalue weighted by Crippen LogP contribution is 2.24. The van der Waals surface area contributed by atoms with Crippen LogP contribution in [0, 0.1) is 5.41 Å². The molecule has 0 aromatic carbocycles. The Balaban J connectivity index is 4.74. The smallest absolute Gasteiger partial charge is 0.313 e. The van der Waals surface area contributed by atoms with Gasteiger partial charge in [0.1, 0.15) is 0 Å². The van der Waals surface area contributed by atoms with Crippen LogP contribution in [0.15, 0.2) is 17.9 Å². The van der Waals surface area contributed by atoms with E-state index in [0.29, 0.717) is 5.57 Å². The molecule has 10 heavy (non-hydrogen) atoms. The second-order valence-corrected chi connectivity index (χ2v) is 2.73. The molecule has 0 spiro atoms. The molecule has 0 atom stereocenters. The Morgan fingerprint density at radius 3 is 2.10 bits per heavy atom. The SMILES string of the molecule is C=C=C(C)C(C)(C)C(=O)O. The third kappa shape index (κ3) is 1.49. The molecule has 2 nitrogen and oxygen atoms in total. The number of carboxylic acid groups (broad SMARTS) is 1. The third-order valence-corrected chi connectivity index (χ3v) is 1.74. The lowest BCUT2D eigenvalue weighted by Gasteiger charge is -2.17. The van der Waals surface area contributed by atoms with Crippen molar-refractivity contribution in [1.29, 1.82) is 0 Å². The minimum Gasteiger partial charge on any atom is -0.481 e. The van der Waals surface area contributed by atoms with Crippen molar-refractivity contribution in [2.75, 3.05) is 0 Å². The first kappa shape index (κ1) is 8.99. The van der Waals surface area contributed by atoms with Crippen molar-refractivity contribution in [2.24, 2.45) is 5.41 Å². The molecule has 0 heterocycles. The van der Waals surface area contributed by atoms with Gasteiger partial charge in [-0.25, -0.2) is 0 Å². The number of carboxylic acids is 1. The fraction of sp³-hybridized carbons (Fsp3) is 0.500. The standard InChI is InChI=1S/C8H12O2/c1-5-6(2)8(3,4)7(9)10/h1H2,2-4H3,(H,9,10). The number of hydrogen-bond acceptors (Lipinski definition) is 1. The molecule has 0 aliphatic carbocycles. The molecule has 0 aromatic rings. The molecule has 0 radical (unpaired) electrons. The van der Waals surface area contributed by atoms with Crippen LogP contribution in [0.25, 0.3) is 0 Å². The highest BCUT2D eigenvalue weighted by atomic mass is 16.4. The minimum atomic E-state index is -0.846. The van der Waals surface area contributed by atoms with E-state index in [9.17, 15) is 4.79 Å². The molecule has 0 fully saturated rings. The van der Waals surface area contributed by atoms with Crippen molar-refractivity contribution in [3.8, 4) is 0 Å². The van der Waals surface area contributed by atoms with Crippen molar-refractivity contribution in [1.82, 2.24) is 0 Å². The Labute approximate surface area is 60.9 Å². The summed E-state index contributed by atoms with van der Waals surface area (Å²) in [6.07, 6.45) is 0. The zero-order valence-electron chi connectivity index (χ0n) is 6.56. The first-order valence-corrected chi connectivity index (χ1v) is 3.03. The molecule has 0 bridgehead atoms. The van der Waals surface area contributed by atoms with Crippen LogP contribution < -0.4 is 0 Å². The largest absolute Gasteiger partial charge is 0.481 e. The van der Waals surface area contributed by atoms with E-state index in [4.69, 9.17) is 5.11 Å². The maximum absolute atomic E-state index is 10.5. The third-order valence-electron chi connectivity index (χ3n) is 1.74. The predicted octanol–water partition coefficient (Wildman–Crippen LogP) is 1.83. The van der Waals surface area contributed by atoms with Gasteiger partial charge in [-0.15, -0.1) is 5.73 Å². The molecule has 0 saturated heterocycles. The van der Waals surface area contributed by atoms with Crippen LogP contribution in [0.3, 0.4) is 0 Å². The summed E-state index contributed by atoms with van der Waals surface area (Å²) in [5, 5.41) is 8.65. The summed E-state index contributed by atoms with van der Waals surface area (Å²) in [6.45, 7) is 8.35. The average Bonchev–Trinajstić information content (AvgIpc) is 1.86. The topological polar surface area (TPSA) is 37.3 Å². The minimum absolute atomic E-state index is 0.653. The monoisotopic (exact) mass is 140 g/mol. The zero-order chi connectivity index (χ0) is 8.36. The van der Waals surface area contributed by atoms with Crippen molar-refractivity contribution < 1.29 is 9.90 Å². The molecule has 0 amide bonds. The van der Waals surface area contributed by atoms with E-state index < -0.39 is 11.4 Å². The van der Waals surface area contributed by atoms with E-state index in [1.54, 1.807) is 20.8 Å². The first-order chi connectivity index (χ1) is 4.42. The highest BCUT2D eigenvalue weighted by molar-refractivity contribution is 5.77. The molecule has 0 aromatic heterocycles. The van der Waals surface area contributed by atoms with Gasteiger partial charge in [0.15, 0.2) is 0 Å². The van der Waals surface area contributed by atoms with Crippen LogP contribution in [0.4, 0.5) is 0 Å². The highest BCUT2D eigenvalue weighted by Gasteiger charge is 2.28. The molecule has 0 unspecified atom stereocenters. The second-order valence-electron chi connectivity index (χ2n) is 2.73. The van der Waals surface area contributed by atoms with Gasteiger partial charge in [-0.05, 0) is 26.3 Å². The van der Waals surface area contributed by atoms with Gasteiger partial charge >= 0.3 is 5.97 Å². The summed E-state index contributed by atoms with van der Waals surface area (Å²) in [7, 11) is 0. The lowest BCUT2D eigenvalue weighted by molar-refractivity contribution is -0.144. The molecule has 0 saturated carbocycles. The molecule has 0 aliphatic rings. The van der Waals surface area contributed by atoms with Crippen molar-refractivity contribution in [3.63, 3.8) is 0 Å². The van der Waals surface area contributed by atoms with Crippen LogP contribution in [-0.4, -0.2) is 11.1 Å². The van der Waals surface area contributed by atoms with E-state index in [0.717, 1.165) is 0 Å². The maximum Gasteiger partial charge on any atom is 0.313 e. The number of carbonyl (C=O) groups is 1. The second kappa shape index (κ2) is 2.72. The molecular weight excluding hydrogens is 128 g/mol. The predicted molar refractivity (Wildman–Crippen MR) is 39.7 cm³/mol. The molecule has 0 rings (SSSR count). The molecule has 1 N–H and O–H groups in total. The van der Waals surface area contributed by atoms with E-state index in [-0.39, 0.29) is 0 Å². The van der Waals surface area contributed by atoms with Crippen LogP contribution in [-0.2, 0) is 4.79 Å². The van der Waals surface area contributed by atoms with Crippen molar-refractivity contribution in [3.05, 3.63) is 17.9 Å². The first-order valence-electron chi connectivity index (χ1n) is 3.03. The van der Waals surface area contributed by atoms with Gasteiger partial charge in [-0.2, -0.15) is 0 Å². The van der Waals surface area contributed by atoms with Gasteiger partial charge in [0.2, 0.25) is 0 Å². The van der Waals surface area contributed by atoms with Crippen molar-refractivity contribution in [2.45, 2.75) is 20.8 Å². The quantitative estimate of drug-likeness (QED) is 0.594. The van der Waals surface area contributed by atoms with Gasteiger partial charge in [-0.3, -0.25) is 4.79 Å². The molecule has 0 aliphatic heterocycles. The van der Waals surface area contributed by atoms with Gasteiger partial charge < -0.3 is 5.11 Å². The van der Waals surface area contributed by atoms with Gasteiger partial charge in [-0.1, -0.05) is 6.58 Å². The lowest BCUT2D eigenvalue weighted by atomic mass is 9.86. The zero-order valence-corrected chi connectivity index (χ0v) is 6.56. The fourth-order valence-corrected chi connectivity index (χ4v) is 0.381. The Hall–Kier alpha value is -1.01. The average molecular weight is 140 g/mol. The Morgan fingerprint density at radius 1 is 1.60 bits per heavy atom. The Bertz CT molecular complexity index is 195. The van der Waals surface area contributed by atoms with Crippen LogP contribution in [0.2, 0.25) is 0 Å². The molecule has 2 heteroatoms.